The second-order valence-electron chi connectivity index (χ2n) is 5.81. The summed E-state index contributed by atoms with van der Waals surface area (Å²) in [6.07, 6.45) is 4.56. The Hall–Kier alpha value is -1.52. The molecule has 1 aliphatic carbocycles. The van der Waals surface area contributed by atoms with Crippen molar-refractivity contribution >= 4 is 0 Å². The number of rotatable bonds is 3. The molecule has 1 fully saturated rings. The summed E-state index contributed by atoms with van der Waals surface area (Å²) in [6, 6.07) is 4.77. The smallest absolute Gasteiger partial charge is 0.161 e. The lowest BCUT2D eigenvalue weighted by molar-refractivity contribution is 0.137. The van der Waals surface area contributed by atoms with Gasteiger partial charge in [-0.25, -0.2) is 0 Å². The Morgan fingerprint density at radius 1 is 1.33 bits per heavy atom. The Balaban J connectivity index is 2.06. The van der Waals surface area contributed by atoms with Crippen LogP contribution in [0.1, 0.15) is 26.6 Å². The van der Waals surface area contributed by atoms with Crippen molar-refractivity contribution in [2.75, 3.05) is 27.7 Å². The molecule has 0 unspecified atom stereocenters. The number of methoxy groups -OCH3 is 2. The van der Waals surface area contributed by atoms with Gasteiger partial charge in [-0.3, -0.25) is 0 Å². The molecule has 1 heterocycles. The van der Waals surface area contributed by atoms with Crippen LogP contribution in [0.3, 0.4) is 0 Å². The number of hydrogen-bond donors (Lipinski definition) is 1. The number of ether oxygens (including phenoxy) is 2. The number of aliphatic hydroxyl groups excluding tert-OH is 1. The molecule has 21 heavy (non-hydrogen) atoms. The van der Waals surface area contributed by atoms with Gasteiger partial charge < -0.3 is 19.5 Å². The molecule has 114 valence electrons. The fraction of sp³-hybridized carbons (Fsp3) is 0.529. The number of aliphatic hydroxyl groups is 1. The Bertz CT molecular complexity index is 732. The molecule has 0 radical (unpaired) electrons. The molecule has 1 N–H and O–H groups in total. The molecule has 0 bridgehead atoms. The molecule has 1 aromatic carbocycles. The topological polar surface area (TPSA) is 41.9 Å². The van der Waals surface area contributed by atoms with E-state index in [0.717, 1.165) is 18.5 Å². The summed E-state index contributed by atoms with van der Waals surface area (Å²) in [6.45, 7) is 0.824. The lowest BCUT2D eigenvalue weighted by Crippen LogP contribution is -2.44. The van der Waals surface area contributed by atoms with Crippen molar-refractivity contribution in [3.63, 3.8) is 0 Å². The second-order valence-corrected chi connectivity index (χ2v) is 5.81. The molecule has 0 amide bonds. The Morgan fingerprint density at radius 2 is 2.14 bits per heavy atom. The summed E-state index contributed by atoms with van der Waals surface area (Å²) >= 11 is 0. The highest BCUT2D eigenvalue weighted by Gasteiger charge is 2.48. The highest BCUT2D eigenvalue weighted by atomic mass is 16.5. The van der Waals surface area contributed by atoms with Crippen LogP contribution in [0.2, 0.25) is 0 Å². The van der Waals surface area contributed by atoms with Crippen molar-refractivity contribution in [3.05, 3.63) is 35.9 Å². The number of likely N-dealkylation sites (N-methyl/N-ethyl adjacent to an activating group) is 1. The lowest BCUT2D eigenvalue weighted by atomic mass is 9.69. The molecule has 2 aliphatic rings. The molecular weight excluding hydrogens is 266 g/mol. The third-order valence-corrected chi connectivity index (χ3v) is 4.79. The zero-order valence-corrected chi connectivity index (χ0v) is 11.9. The van der Waals surface area contributed by atoms with Gasteiger partial charge in [-0.05, 0) is 44.1 Å². The maximum atomic E-state index is 10.0. The van der Waals surface area contributed by atoms with Crippen molar-refractivity contribution in [1.29, 1.82) is 0 Å². The monoisotopic (exact) mass is 295 g/mol. The predicted octanol–water partition coefficient (Wildman–Crippen LogP) is 1.97. The first-order valence-corrected chi connectivity index (χ1v) is 7.00. The number of fused-ring (bicyclic) bond motifs is 1. The minimum atomic E-state index is -2.74. The molecule has 0 saturated carbocycles. The highest BCUT2D eigenvalue weighted by Crippen LogP contribution is 2.46. The van der Waals surface area contributed by atoms with E-state index in [4.69, 9.17) is 17.7 Å². The summed E-state index contributed by atoms with van der Waals surface area (Å²) in [4.78, 5) is 2.17. The van der Waals surface area contributed by atoms with Gasteiger partial charge in [0.05, 0.1) is 28.4 Å². The van der Waals surface area contributed by atoms with E-state index in [-0.39, 0.29) is 17.5 Å². The Kier molecular flexibility index (Phi) is 2.25. The van der Waals surface area contributed by atoms with Gasteiger partial charge in [0.25, 0.3) is 0 Å². The maximum Gasteiger partial charge on any atom is 0.161 e. The van der Waals surface area contributed by atoms with E-state index in [1.165, 1.54) is 6.07 Å². The van der Waals surface area contributed by atoms with Crippen molar-refractivity contribution in [1.82, 2.24) is 4.90 Å². The van der Waals surface area contributed by atoms with E-state index in [9.17, 15) is 5.11 Å². The summed E-state index contributed by atoms with van der Waals surface area (Å²) in [7, 11) is -3.48. The van der Waals surface area contributed by atoms with Gasteiger partial charge >= 0.3 is 0 Å². The fourth-order valence-corrected chi connectivity index (χ4v) is 3.65. The van der Waals surface area contributed by atoms with E-state index in [2.05, 4.69) is 4.90 Å². The van der Waals surface area contributed by atoms with Gasteiger partial charge in [0.15, 0.2) is 11.5 Å². The number of benzene rings is 1. The van der Waals surface area contributed by atoms with Gasteiger partial charge in [-0.15, -0.1) is 0 Å². The van der Waals surface area contributed by atoms with Crippen molar-refractivity contribution in [2.45, 2.75) is 30.4 Å². The molecule has 0 spiro atoms. The van der Waals surface area contributed by atoms with Gasteiger partial charge in [0, 0.05) is 11.5 Å². The molecule has 1 aliphatic heterocycles. The van der Waals surface area contributed by atoms with Crippen molar-refractivity contribution in [3.8, 4) is 11.5 Å². The van der Waals surface area contributed by atoms with E-state index in [0.29, 0.717) is 6.42 Å². The summed E-state index contributed by atoms with van der Waals surface area (Å²) in [5, 5.41) is 10.0. The first-order chi connectivity index (χ1) is 12.4. The molecule has 0 aromatic heterocycles. The average molecular weight is 295 g/mol. The van der Waals surface area contributed by atoms with Crippen LogP contribution in [-0.4, -0.2) is 49.8 Å². The van der Waals surface area contributed by atoms with Gasteiger partial charge in [0.1, 0.15) is 0 Å². The van der Waals surface area contributed by atoms with Gasteiger partial charge in [0.2, 0.25) is 0 Å². The first kappa shape index (κ1) is 8.81. The van der Waals surface area contributed by atoms with Crippen LogP contribution in [0.15, 0.2) is 30.4 Å². The van der Waals surface area contributed by atoms with Crippen LogP contribution in [0, 0.1) is 0 Å². The molecule has 4 heteroatoms. The summed E-state index contributed by atoms with van der Waals surface area (Å²) in [5.74, 6) is -0.278. The zero-order valence-electron chi connectivity index (χ0n) is 17.9. The van der Waals surface area contributed by atoms with Gasteiger partial charge in [-0.2, -0.15) is 0 Å². The Morgan fingerprint density at radius 3 is 2.95 bits per heavy atom. The number of likely N-dealkylation sites (tertiary alicyclic amines) is 1. The van der Waals surface area contributed by atoms with Crippen LogP contribution >= 0.6 is 0 Å². The van der Waals surface area contributed by atoms with Crippen molar-refractivity contribution < 1.29 is 22.8 Å². The summed E-state index contributed by atoms with van der Waals surface area (Å²) < 4.78 is 53.9. The average Bonchev–Trinajstić information content (AvgIpc) is 2.84. The van der Waals surface area contributed by atoms with E-state index < -0.39 is 25.6 Å². The van der Waals surface area contributed by atoms with E-state index in [1.807, 2.05) is 13.1 Å². The largest absolute Gasteiger partial charge is 0.493 e. The highest BCUT2D eigenvalue weighted by molar-refractivity contribution is 5.48. The van der Waals surface area contributed by atoms with Gasteiger partial charge in [-0.1, -0.05) is 18.2 Å². The van der Waals surface area contributed by atoms with Crippen LogP contribution in [-0.2, 0) is 5.41 Å². The normalized spacial score (nSPS) is 37.4. The number of nitrogens with zero attached hydrogens (tertiary/aromatic N) is 1. The van der Waals surface area contributed by atoms with Crippen molar-refractivity contribution in [2.24, 2.45) is 0 Å². The number of hydrogen-bond acceptors (Lipinski definition) is 4. The predicted molar refractivity (Wildman–Crippen MR) is 82.0 cm³/mol. The molecule has 3 atom stereocenters. The van der Waals surface area contributed by atoms with Crippen LogP contribution in [0.5, 0.6) is 11.5 Å². The molecule has 1 saturated heterocycles. The van der Waals surface area contributed by atoms with Crippen LogP contribution in [0.4, 0.5) is 0 Å². The van der Waals surface area contributed by atoms with Crippen LogP contribution < -0.4 is 9.47 Å². The maximum absolute atomic E-state index is 10.0. The Labute approximate surface area is 134 Å². The third-order valence-electron chi connectivity index (χ3n) is 4.79. The molecule has 1 aromatic rings. The van der Waals surface area contributed by atoms with Crippen LogP contribution in [0.25, 0.3) is 0 Å². The first-order valence-electron chi connectivity index (χ1n) is 10.00. The standard InChI is InChI=1S/C17H23NO3/c1-18-9-8-17(7-6-13(19)11-16(17)18)12-4-5-14(20-2)15(10-12)21-3/h4-7,10,13,16,19H,8-9,11H2,1-3H3/t13-,16+,17+/m1/s1/i2D3,3D3. The quantitative estimate of drug-likeness (QED) is 0.866. The fourth-order valence-electron chi connectivity index (χ4n) is 3.65. The third kappa shape index (κ3) is 2.23. The van der Waals surface area contributed by atoms with E-state index in [1.54, 1.807) is 18.2 Å². The molecule has 4 nitrogen and oxygen atoms in total. The summed E-state index contributed by atoms with van der Waals surface area (Å²) in [5.41, 5.74) is 0.399. The minimum absolute atomic E-state index is 0.0486. The molecular formula is C17H23NO3. The minimum Gasteiger partial charge on any atom is -0.493 e. The van der Waals surface area contributed by atoms with E-state index >= 15 is 0 Å². The lowest BCUT2D eigenvalue weighted by Gasteiger charge is -2.39. The SMILES string of the molecule is [2H]C([2H])([2H])Oc1ccc([C@@]23C=C[C@@H](O)C[C@@H]2N(C)CC3)cc1OC([2H])([2H])[2H]. The zero-order chi connectivity index (χ0) is 20.0. The molecule has 3 rings (SSSR count). The second kappa shape index (κ2) is 5.35.